The van der Waals surface area contributed by atoms with Crippen molar-refractivity contribution in [3.8, 4) is 17.2 Å². The number of fused-ring (bicyclic) bond motifs is 2. The fourth-order valence-electron chi connectivity index (χ4n) is 5.84. The molecule has 5 heterocycles. The van der Waals surface area contributed by atoms with Crippen LogP contribution in [0.3, 0.4) is 0 Å². The van der Waals surface area contributed by atoms with Gasteiger partial charge in [-0.2, -0.15) is 5.26 Å². The second-order valence-electron chi connectivity index (χ2n) is 9.64. The number of amides is 2. The van der Waals surface area contributed by atoms with Crippen LogP contribution < -0.4 is 10.2 Å². The fourth-order valence-corrected chi connectivity index (χ4v) is 7.03. The minimum absolute atomic E-state index is 0.107. The standard InChI is InChI=1S/C27H27N5O2S/c1-16(32-24(33)4-5-25(32)34)23-13-22-27(35-23)20(7-9-30-22)21-12-17(14-28)11-18-3-2-10-31(26(18)21)19-6-8-29-15-19/h7,9,11-13,16,19,29H,2-6,8,10,15H2,1H3. The largest absolute Gasteiger partial charge is 0.366 e. The van der Waals surface area contributed by atoms with Gasteiger partial charge in [-0.3, -0.25) is 19.5 Å². The minimum atomic E-state index is -0.315. The minimum Gasteiger partial charge on any atom is -0.366 e. The third-order valence-corrected chi connectivity index (χ3v) is 8.86. The van der Waals surface area contributed by atoms with E-state index in [2.05, 4.69) is 27.3 Å². The first-order valence-electron chi connectivity index (χ1n) is 12.3. The maximum absolute atomic E-state index is 12.3. The Hall–Kier alpha value is -3.28. The number of aryl methyl sites for hydroxylation is 1. The van der Waals surface area contributed by atoms with Crippen LogP contribution in [0.4, 0.5) is 5.69 Å². The number of hydrogen-bond donors (Lipinski definition) is 1. The summed E-state index contributed by atoms with van der Waals surface area (Å²) in [4.78, 5) is 34.2. The van der Waals surface area contributed by atoms with Gasteiger partial charge in [0.25, 0.3) is 0 Å². The van der Waals surface area contributed by atoms with Crippen molar-refractivity contribution in [2.24, 2.45) is 0 Å². The lowest BCUT2D eigenvalue weighted by Crippen LogP contribution is -2.40. The Kier molecular flexibility index (Phi) is 5.54. The Bertz CT molecular complexity index is 1370. The molecule has 2 saturated heterocycles. The van der Waals surface area contributed by atoms with Crippen LogP contribution in [0.25, 0.3) is 21.3 Å². The molecule has 2 fully saturated rings. The number of nitriles is 1. The number of thiophene rings is 1. The topological polar surface area (TPSA) is 89.3 Å². The molecule has 6 rings (SSSR count). The number of imide groups is 1. The van der Waals surface area contributed by atoms with Crippen LogP contribution in [0, 0.1) is 11.3 Å². The number of carbonyl (C=O) groups excluding carboxylic acids is 2. The van der Waals surface area contributed by atoms with E-state index in [4.69, 9.17) is 0 Å². The van der Waals surface area contributed by atoms with Gasteiger partial charge in [0.05, 0.1) is 27.9 Å². The first kappa shape index (κ1) is 22.2. The number of nitrogens with one attached hydrogen (secondary N) is 1. The number of anilines is 1. The molecule has 2 unspecified atom stereocenters. The van der Waals surface area contributed by atoms with Crippen LogP contribution in [0.1, 0.15) is 54.7 Å². The summed E-state index contributed by atoms with van der Waals surface area (Å²) < 4.78 is 1.03. The molecule has 1 aromatic carbocycles. The molecule has 0 bridgehead atoms. The number of rotatable bonds is 4. The third-order valence-electron chi connectivity index (χ3n) is 7.54. The highest BCUT2D eigenvalue weighted by Gasteiger charge is 2.35. The van der Waals surface area contributed by atoms with Gasteiger partial charge < -0.3 is 10.2 Å². The van der Waals surface area contributed by atoms with Gasteiger partial charge in [-0.1, -0.05) is 0 Å². The number of likely N-dealkylation sites (tertiary alicyclic amines) is 1. The maximum atomic E-state index is 12.3. The van der Waals surface area contributed by atoms with E-state index in [0.29, 0.717) is 11.6 Å². The molecule has 3 aliphatic rings. The Morgan fingerprint density at radius 2 is 2.00 bits per heavy atom. The van der Waals surface area contributed by atoms with Crippen LogP contribution in [0.5, 0.6) is 0 Å². The number of nitrogens with zero attached hydrogens (tertiary/aromatic N) is 4. The number of pyridine rings is 1. The summed E-state index contributed by atoms with van der Waals surface area (Å²) in [5.41, 5.74) is 6.14. The lowest BCUT2D eigenvalue weighted by atomic mass is 9.90. The summed E-state index contributed by atoms with van der Waals surface area (Å²) in [6.07, 6.45) is 5.56. The normalized spacial score (nSPS) is 21.0. The van der Waals surface area contributed by atoms with Gasteiger partial charge in [-0.05, 0) is 62.6 Å². The van der Waals surface area contributed by atoms with Crippen molar-refractivity contribution in [2.45, 2.75) is 51.1 Å². The van der Waals surface area contributed by atoms with E-state index in [0.717, 1.165) is 65.1 Å². The number of carbonyl (C=O) groups is 2. The van der Waals surface area contributed by atoms with Gasteiger partial charge >= 0.3 is 0 Å². The van der Waals surface area contributed by atoms with E-state index in [1.807, 2.05) is 31.3 Å². The number of benzene rings is 1. The second kappa shape index (κ2) is 8.74. The first-order valence-corrected chi connectivity index (χ1v) is 13.1. The molecule has 2 aromatic heterocycles. The molecule has 8 heteroatoms. The maximum Gasteiger partial charge on any atom is 0.230 e. The Morgan fingerprint density at radius 1 is 1.17 bits per heavy atom. The predicted octanol–water partition coefficient (Wildman–Crippen LogP) is 4.16. The van der Waals surface area contributed by atoms with Crippen LogP contribution in [-0.2, 0) is 16.0 Å². The highest BCUT2D eigenvalue weighted by Crippen LogP contribution is 2.45. The summed E-state index contributed by atoms with van der Waals surface area (Å²) in [6, 6.07) is 10.6. The van der Waals surface area contributed by atoms with Crippen LogP contribution in [-0.4, -0.2) is 47.4 Å². The predicted molar refractivity (Wildman–Crippen MR) is 136 cm³/mol. The molecular weight excluding hydrogens is 458 g/mol. The molecule has 1 N–H and O–H groups in total. The molecule has 2 amide bonds. The zero-order chi connectivity index (χ0) is 24.1. The smallest absolute Gasteiger partial charge is 0.230 e. The van der Waals surface area contributed by atoms with Gasteiger partial charge in [-0.15, -0.1) is 11.3 Å². The van der Waals surface area contributed by atoms with E-state index in [1.165, 1.54) is 16.2 Å². The highest BCUT2D eigenvalue weighted by atomic mass is 32.1. The number of hydrogen-bond acceptors (Lipinski definition) is 7. The molecule has 35 heavy (non-hydrogen) atoms. The van der Waals surface area contributed by atoms with Crippen LogP contribution in [0.2, 0.25) is 0 Å². The summed E-state index contributed by atoms with van der Waals surface area (Å²) in [5, 5.41) is 13.3. The Labute approximate surface area is 208 Å². The number of aromatic nitrogens is 1. The molecule has 0 saturated carbocycles. The van der Waals surface area contributed by atoms with E-state index in [1.54, 1.807) is 11.3 Å². The summed E-state index contributed by atoms with van der Waals surface area (Å²) in [6.45, 7) is 4.93. The van der Waals surface area contributed by atoms with Gasteiger partial charge in [0, 0.05) is 59.9 Å². The van der Waals surface area contributed by atoms with Crippen LogP contribution in [0.15, 0.2) is 30.5 Å². The van der Waals surface area contributed by atoms with Crippen molar-refractivity contribution in [3.05, 3.63) is 46.5 Å². The fraction of sp³-hybridized carbons (Fsp3) is 0.407. The zero-order valence-electron chi connectivity index (χ0n) is 19.7. The molecule has 0 radical (unpaired) electrons. The third kappa shape index (κ3) is 3.70. The van der Waals surface area contributed by atoms with Crippen molar-refractivity contribution >= 4 is 39.1 Å². The van der Waals surface area contributed by atoms with E-state index in [-0.39, 0.29) is 30.7 Å². The first-order chi connectivity index (χ1) is 17.0. The summed E-state index contributed by atoms with van der Waals surface area (Å²) in [7, 11) is 0. The molecule has 7 nitrogen and oxygen atoms in total. The Morgan fingerprint density at radius 3 is 2.74 bits per heavy atom. The Balaban J connectivity index is 1.50. The monoisotopic (exact) mass is 485 g/mol. The van der Waals surface area contributed by atoms with Gasteiger partial charge in [0.2, 0.25) is 11.8 Å². The molecule has 3 aliphatic heterocycles. The van der Waals surface area contributed by atoms with Gasteiger partial charge in [-0.25, -0.2) is 0 Å². The average Bonchev–Trinajstić information content (AvgIpc) is 3.62. The quantitative estimate of drug-likeness (QED) is 0.558. The van der Waals surface area contributed by atoms with Crippen LogP contribution >= 0.6 is 11.3 Å². The van der Waals surface area contributed by atoms with Crippen molar-refractivity contribution in [2.75, 3.05) is 24.5 Å². The van der Waals surface area contributed by atoms with Crippen molar-refractivity contribution in [1.82, 2.24) is 15.2 Å². The molecule has 0 spiro atoms. The molecule has 3 aromatic rings. The van der Waals surface area contributed by atoms with Gasteiger partial charge in [0.15, 0.2) is 0 Å². The average molecular weight is 486 g/mol. The van der Waals surface area contributed by atoms with Crippen molar-refractivity contribution in [1.29, 1.82) is 5.26 Å². The molecule has 0 aliphatic carbocycles. The zero-order valence-corrected chi connectivity index (χ0v) is 20.5. The second-order valence-corrected chi connectivity index (χ2v) is 10.7. The lowest BCUT2D eigenvalue weighted by Gasteiger charge is -2.38. The van der Waals surface area contributed by atoms with E-state index >= 15 is 0 Å². The summed E-state index contributed by atoms with van der Waals surface area (Å²) in [5.74, 6) is -0.213. The molecular formula is C27H27N5O2S. The SMILES string of the molecule is CC(c1cc2nccc(-c3cc(C#N)cc4c3N(C3CCNC3)CCC4)c2s1)N1C(=O)CCC1=O. The van der Waals surface area contributed by atoms with Crippen molar-refractivity contribution < 1.29 is 9.59 Å². The summed E-state index contributed by atoms with van der Waals surface area (Å²) >= 11 is 1.59. The highest BCUT2D eigenvalue weighted by molar-refractivity contribution is 7.19. The lowest BCUT2D eigenvalue weighted by molar-refractivity contribution is -0.140. The van der Waals surface area contributed by atoms with E-state index in [9.17, 15) is 14.9 Å². The van der Waals surface area contributed by atoms with Gasteiger partial charge in [0.1, 0.15) is 0 Å². The molecule has 2 atom stereocenters. The molecule has 178 valence electrons. The van der Waals surface area contributed by atoms with Crippen molar-refractivity contribution in [3.63, 3.8) is 0 Å². The van der Waals surface area contributed by atoms with E-state index < -0.39 is 0 Å².